The minimum atomic E-state index is 0.773. The maximum Gasteiger partial charge on any atom is 0.0485 e. The van der Waals surface area contributed by atoms with E-state index in [-0.39, 0.29) is 0 Å². The van der Waals surface area contributed by atoms with Gasteiger partial charge in [-0.15, -0.1) is 0 Å². The van der Waals surface area contributed by atoms with Gasteiger partial charge in [-0.3, -0.25) is 0 Å². The van der Waals surface area contributed by atoms with E-state index in [1.165, 1.54) is 38.5 Å². The summed E-state index contributed by atoms with van der Waals surface area (Å²) in [5.41, 5.74) is 1.14. The van der Waals surface area contributed by atoms with E-state index in [1.54, 1.807) is 0 Å². The average Bonchev–Trinajstić information content (AvgIpc) is 2.33. The van der Waals surface area contributed by atoms with E-state index in [0.717, 1.165) is 27.6 Å². The number of benzene rings is 1. The Kier molecular flexibility index (Phi) is 5.17. The third kappa shape index (κ3) is 4.18. The lowest BCUT2D eigenvalue weighted by molar-refractivity contribution is 0.345. The first-order chi connectivity index (χ1) is 8.25. The third-order valence-electron chi connectivity index (χ3n) is 3.52. The highest BCUT2D eigenvalue weighted by atomic mass is 79.9. The molecule has 1 nitrogen and oxygen atoms in total. The highest BCUT2D eigenvalue weighted by Gasteiger charge is 2.12. The Morgan fingerprint density at radius 2 is 2.00 bits per heavy atom. The second kappa shape index (κ2) is 6.65. The molecule has 0 atom stereocenters. The Hall–Kier alpha value is -0.210. The molecule has 1 fully saturated rings. The molecular formula is C14H19BrClN. The van der Waals surface area contributed by atoms with Gasteiger partial charge < -0.3 is 5.32 Å². The molecule has 0 unspecified atom stereocenters. The molecule has 94 valence electrons. The van der Waals surface area contributed by atoms with Crippen LogP contribution < -0.4 is 5.32 Å². The minimum Gasteiger partial charge on any atom is -0.384 e. The van der Waals surface area contributed by atoms with Crippen LogP contribution in [0.1, 0.15) is 38.5 Å². The van der Waals surface area contributed by atoms with Crippen molar-refractivity contribution in [3.63, 3.8) is 0 Å². The van der Waals surface area contributed by atoms with Crippen molar-refractivity contribution in [2.24, 2.45) is 5.92 Å². The molecule has 1 N–H and O–H groups in total. The number of hydrogen-bond acceptors (Lipinski definition) is 1. The molecule has 0 saturated heterocycles. The van der Waals surface area contributed by atoms with Gasteiger partial charge in [-0.2, -0.15) is 0 Å². The van der Waals surface area contributed by atoms with E-state index in [9.17, 15) is 0 Å². The van der Waals surface area contributed by atoms with E-state index in [2.05, 4.69) is 21.2 Å². The Balaban J connectivity index is 1.77. The molecule has 2 rings (SSSR count). The van der Waals surface area contributed by atoms with E-state index < -0.39 is 0 Å². The van der Waals surface area contributed by atoms with E-state index in [1.807, 2.05) is 18.2 Å². The van der Waals surface area contributed by atoms with E-state index >= 15 is 0 Å². The number of nitrogens with one attached hydrogen (secondary N) is 1. The normalized spacial score (nSPS) is 17.1. The van der Waals surface area contributed by atoms with Crippen LogP contribution in [0.25, 0.3) is 0 Å². The van der Waals surface area contributed by atoms with Crippen molar-refractivity contribution in [1.29, 1.82) is 0 Å². The summed E-state index contributed by atoms with van der Waals surface area (Å²) in [5, 5.41) is 4.25. The smallest absolute Gasteiger partial charge is 0.0485 e. The van der Waals surface area contributed by atoms with Crippen LogP contribution in [-0.4, -0.2) is 6.54 Å². The van der Waals surface area contributed by atoms with E-state index in [0.29, 0.717) is 0 Å². The summed E-state index contributed by atoms with van der Waals surface area (Å²) in [7, 11) is 0. The molecular weight excluding hydrogens is 298 g/mol. The summed E-state index contributed by atoms with van der Waals surface area (Å²) < 4.78 is 1.05. The molecule has 1 aliphatic rings. The summed E-state index contributed by atoms with van der Waals surface area (Å²) in [6.45, 7) is 1.06. The summed E-state index contributed by atoms with van der Waals surface area (Å²) >= 11 is 9.44. The molecule has 1 aromatic rings. The summed E-state index contributed by atoms with van der Waals surface area (Å²) in [5.74, 6) is 0.933. The predicted molar refractivity (Wildman–Crippen MR) is 78.8 cm³/mol. The molecule has 0 radical (unpaired) electrons. The first-order valence-corrected chi connectivity index (χ1v) is 7.62. The van der Waals surface area contributed by atoms with Gasteiger partial charge in [0.15, 0.2) is 0 Å². The summed E-state index contributed by atoms with van der Waals surface area (Å²) in [6.07, 6.45) is 8.42. The fourth-order valence-electron chi connectivity index (χ4n) is 2.52. The zero-order chi connectivity index (χ0) is 12.1. The monoisotopic (exact) mass is 315 g/mol. The number of hydrogen-bond donors (Lipinski definition) is 1. The van der Waals surface area contributed by atoms with Crippen molar-refractivity contribution in [1.82, 2.24) is 0 Å². The zero-order valence-corrected chi connectivity index (χ0v) is 12.4. The van der Waals surface area contributed by atoms with Gasteiger partial charge in [0.2, 0.25) is 0 Å². The quantitative estimate of drug-likeness (QED) is 0.775. The highest BCUT2D eigenvalue weighted by molar-refractivity contribution is 9.10. The molecule has 0 spiro atoms. The van der Waals surface area contributed by atoms with Gasteiger partial charge in [-0.05, 0) is 46.5 Å². The van der Waals surface area contributed by atoms with Crippen LogP contribution >= 0.6 is 27.5 Å². The molecule has 0 bridgehead atoms. The Morgan fingerprint density at radius 1 is 1.24 bits per heavy atom. The molecule has 0 aromatic heterocycles. The minimum absolute atomic E-state index is 0.773. The fourth-order valence-corrected chi connectivity index (χ4v) is 3.34. The van der Waals surface area contributed by atoms with Crippen LogP contribution in [0.2, 0.25) is 5.02 Å². The average molecular weight is 317 g/mol. The largest absolute Gasteiger partial charge is 0.384 e. The third-order valence-corrected chi connectivity index (χ3v) is 4.42. The second-order valence-corrected chi connectivity index (χ2v) is 6.13. The molecule has 1 aliphatic carbocycles. The van der Waals surface area contributed by atoms with Gasteiger partial charge in [0.05, 0.1) is 0 Å². The van der Waals surface area contributed by atoms with Crippen LogP contribution in [-0.2, 0) is 0 Å². The van der Waals surface area contributed by atoms with Crippen molar-refractivity contribution >= 4 is 33.2 Å². The number of halogens is 2. The molecule has 3 heteroatoms. The first-order valence-electron chi connectivity index (χ1n) is 6.44. The lowest BCUT2D eigenvalue weighted by atomic mass is 9.87. The van der Waals surface area contributed by atoms with Gasteiger partial charge in [0.25, 0.3) is 0 Å². The molecule has 0 amide bonds. The van der Waals surface area contributed by atoms with Gasteiger partial charge in [-0.25, -0.2) is 0 Å². The van der Waals surface area contributed by atoms with Gasteiger partial charge in [0.1, 0.15) is 0 Å². The Labute approximate surface area is 117 Å². The zero-order valence-electron chi connectivity index (χ0n) is 10.0. The summed E-state index contributed by atoms with van der Waals surface area (Å²) in [4.78, 5) is 0. The Morgan fingerprint density at radius 3 is 2.71 bits per heavy atom. The van der Waals surface area contributed by atoms with Crippen LogP contribution in [0, 0.1) is 5.92 Å². The molecule has 1 aromatic carbocycles. The molecule has 0 heterocycles. The maximum absolute atomic E-state index is 5.91. The summed E-state index contributed by atoms with van der Waals surface area (Å²) in [6, 6.07) is 5.90. The van der Waals surface area contributed by atoms with E-state index in [4.69, 9.17) is 11.6 Å². The van der Waals surface area contributed by atoms with Crippen molar-refractivity contribution in [2.45, 2.75) is 38.5 Å². The lowest BCUT2D eigenvalue weighted by Gasteiger charge is -2.21. The van der Waals surface area contributed by atoms with Gasteiger partial charge in [0, 0.05) is 21.7 Å². The maximum atomic E-state index is 5.91. The highest BCUT2D eigenvalue weighted by Crippen LogP contribution is 2.28. The number of anilines is 1. The van der Waals surface area contributed by atoms with Crippen LogP contribution in [0.15, 0.2) is 22.7 Å². The van der Waals surface area contributed by atoms with Crippen LogP contribution in [0.4, 0.5) is 5.69 Å². The molecule has 1 saturated carbocycles. The number of rotatable bonds is 4. The van der Waals surface area contributed by atoms with Crippen molar-refractivity contribution in [2.75, 3.05) is 11.9 Å². The van der Waals surface area contributed by atoms with Crippen molar-refractivity contribution in [3.05, 3.63) is 27.7 Å². The molecule has 0 aliphatic heterocycles. The van der Waals surface area contributed by atoms with Crippen LogP contribution in [0.5, 0.6) is 0 Å². The fraction of sp³-hybridized carbons (Fsp3) is 0.571. The second-order valence-electron chi connectivity index (χ2n) is 4.84. The first kappa shape index (κ1) is 13.2. The standard InChI is InChI=1S/C14H19BrClN/c15-13-10-12(16)6-7-14(13)17-9-8-11-4-2-1-3-5-11/h6-7,10-11,17H,1-5,8-9H2. The van der Waals surface area contributed by atoms with Crippen molar-refractivity contribution in [3.8, 4) is 0 Å². The van der Waals surface area contributed by atoms with Crippen LogP contribution in [0.3, 0.4) is 0 Å². The van der Waals surface area contributed by atoms with Gasteiger partial charge >= 0.3 is 0 Å². The topological polar surface area (TPSA) is 12.0 Å². The van der Waals surface area contributed by atoms with Gasteiger partial charge in [-0.1, -0.05) is 43.7 Å². The Bertz CT molecular complexity index is 361. The SMILES string of the molecule is Clc1ccc(NCCC2CCCCC2)c(Br)c1. The lowest BCUT2D eigenvalue weighted by Crippen LogP contribution is -2.12. The predicted octanol–water partition coefficient (Wildman–Crippen LogP) is 5.48. The molecule has 17 heavy (non-hydrogen) atoms. The van der Waals surface area contributed by atoms with Crippen molar-refractivity contribution < 1.29 is 0 Å².